The first-order valence-corrected chi connectivity index (χ1v) is 9.48. The molecule has 0 bridgehead atoms. The summed E-state index contributed by atoms with van der Waals surface area (Å²) in [5, 5.41) is 2.82. The Morgan fingerprint density at radius 3 is 2.44 bits per heavy atom. The smallest absolute Gasteiger partial charge is 0.487 e. The number of ether oxygens (including phenoxy) is 2. The summed E-state index contributed by atoms with van der Waals surface area (Å²) in [4.78, 5) is 31.8. The van der Waals surface area contributed by atoms with Crippen LogP contribution in [0.25, 0.3) is 0 Å². The van der Waals surface area contributed by atoms with Crippen LogP contribution in [0.5, 0.6) is 11.5 Å². The fourth-order valence-corrected chi connectivity index (χ4v) is 2.76. The Morgan fingerprint density at radius 1 is 1.03 bits per heavy atom. The van der Waals surface area contributed by atoms with Gasteiger partial charge in [0.05, 0.1) is 10.6 Å². The molecule has 2 aromatic carbocycles. The molecule has 0 aliphatic rings. The summed E-state index contributed by atoms with van der Waals surface area (Å²) in [6, 6.07) is 9.77. The van der Waals surface area contributed by atoms with Crippen molar-refractivity contribution in [1.29, 1.82) is 0 Å². The lowest BCUT2D eigenvalue weighted by Crippen LogP contribution is -2.29. The second-order valence-corrected chi connectivity index (χ2v) is 6.91. The normalized spacial score (nSPS) is 11.0. The lowest BCUT2D eigenvalue weighted by Gasteiger charge is -2.16. The number of nitrogens with zero attached hydrogens (tertiary/aromatic N) is 2. The molecule has 0 unspecified atom stereocenters. The molecule has 7 nitrogen and oxygen atoms in total. The monoisotopic (exact) mass is 485 g/mol. The van der Waals surface area contributed by atoms with Crippen molar-refractivity contribution in [2.75, 3.05) is 5.32 Å². The summed E-state index contributed by atoms with van der Waals surface area (Å²) in [5.41, 5.74) is -0.395. The molecular weight excluding hydrogens is 474 g/mol. The fourth-order valence-electron chi connectivity index (χ4n) is 2.42. The predicted octanol–water partition coefficient (Wildman–Crippen LogP) is 5.08. The van der Waals surface area contributed by atoms with Gasteiger partial charge in [0, 0.05) is 29.0 Å². The zero-order chi connectivity index (χ0) is 23.3. The zero-order valence-electron chi connectivity index (χ0n) is 15.8. The van der Waals surface area contributed by atoms with E-state index < -0.39 is 23.8 Å². The number of anilines is 1. The number of rotatable bonds is 6. The molecule has 0 saturated heterocycles. The maximum Gasteiger partial charge on any atom is 0.491 e. The van der Waals surface area contributed by atoms with Crippen LogP contribution in [-0.4, -0.2) is 28.0 Å². The number of benzene rings is 2. The number of amides is 1. The second kappa shape index (κ2) is 9.84. The summed E-state index contributed by atoms with van der Waals surface area (Å²) < 4.78 is 48.6. The average molecular weight is 486 g/mol. The van der Waals surface area contributed by atoms with Gasteiger partial charge in [-0.05, 0) is 24.3 Å². The number of halogens is 5. The van der Waals surface area contributed by atoms with Crippen LogP contribution < -0.4 is 14.8 Å². The van der Waals surface area contributed by atoms with Gasteiger partial charge in [-0.15, -0.1) is 0 Å². The lowest BCUT2D eigenvalue weighted by atomic mass is 10.1. The van der Waals surface area contributed by atoms with Gasteiger partial charge < -0.3 is 9.47 Å². The Balaban J connectivity index is 1.94. The fraction of sp³-hybridized carbons (Fsp3) is 0.100. The summed E-state index contributed by atoms with van der Waals surface area (Å²) in [6.07, 6.45) is -2.58. The van der Waals surface area contributed by atoms with Gasteiger partial charge in [0.25, 0.3) is 5.91 Å². The average Bonchev–Trinajstić information content (AvgIpc) is 2.75. The van der Waals surface area contributed by atoms with Gasteiger partial charge in [-0.1, -0.05) is 35.3 Å². The minimum atomic E-state index is -5.29. The summed E-state index contributed by atoms with van der Waals surface area (Å²) in [7, 11) is 0. The van der Waals surface area contributed by atoms with E-state index in [1.54, 1.807) is 0 Å². The van der Waals surface area contributed by atoms with Crippen LogP contribution in [0.15, 0.2) is 54.9 Å². The van der Waals surface area contributed by atoms with E-state index in [0.29, 0.717) is 5.02 Å². The van der Waals surface area contributed by atoms with Crippen LogP contribution in [0, 0.1) is 0 Å². The molecule has 0 fully saturated rings. The molecular formula is C20H12Cl2F3N3O4. The molecule has 0 saturated carbocycles. The summed E-state index contributed by atoms with van der Waals surface area (Å²) in [6.45, 7) is -0.385. The number of hydrogen-bond acceptors (Lipinski definition) is 6. The number of hydrogen-bond donors (Lipinski definition) is 1. The Labute approximate surface area is 189 Å². The third-order valence-electron chi connectivity index (χ3n) is 3.83. The zero-order valence-corrected chi connectivity index (χ0v) is 17.3. The van der Waals surface area contributed by atoms with Crippen molar-refractivity contribution in [1.82, 2.24) is 9.97 Å². The van der Waals surface area contributed by atoms with E-state index in [-0.39, 0.29) is 34.5 Å². The molecule has 0 radical (unpaired) electrons. The third-order valence-corrected chi connectivity index (χ3v) is 4.38. The molecule has 0 spiro atoms. The third kappa shape index (κ3) is 5.86. The minimum Gasteiger partial charge on any atom is -0.487 e. The van der Waals surface area contributed by atoms with E-state index in [0.717, 1.165) is 0 Å². The van der Waals surface area contributed by atoms with Crippen molar-refractivity contribution in [3.8, 4) is 11.5 Å². The molecule has 3 aromatic rings. The highest BCUT2D eigenvalue weighted by atomic mass is 35.5. The van der Waals surface area contributed by atoms with Gasteiger partial charge in [0.2, 0.25) is 5.95 Å². The predicted molar refractivity (Wildman–Crippen MR) is 109 cm³/mol. The van der Waals surface area contributed by atoms with Crippen LogP contribution >= 0.6 is 23.2 Å². The van der Waals surface area contributed by atoms with Gasteiger partial charge in [-0.2, -0.15) is 13.2 Å². The lowest BCUT2D eigenvalue weighted by molar-refractivity contribution is -0.189. The summed E-state index contributed by atoms with van der Waals surface area (Å²) in [5.74, 6) is -4.00. The van der Waals surface area contributed by atoms with Crippen LogP contribution in [-0.2, 0) is 11.4 Å². The van der Waals surface area contributed by atoms with Gasteiger partial charge in [-0.25, -0.2) is 14.8 Å². The molecule has 32 heavy (non-hydrogen) atoms. The number of alkyl halides is 3. The molecule has 1 N–H and O–H groups in total. The first-order chi connectivity index (χ1) is 15.1. The highest BCUT2D eigenvalue weighted by Gasteiger charge is 2.42. The van der Waals surface area contributed by atoms with Gasteiger partial charge in [0.15, 0.2) is 5.75 Å². The van der Waals surface area contributed by atoms with Crippen LogP contribution in [0.2, 0.25) is 10.0 Å². The molecule has 3 rings (SSSR count). The van der Waals surface area contributed by atoms with Crippen molar-refractivity contribution >= 4 is 41.0 Å². The molecule has 0 aliphatic carbocycles. The maximum absolute atomic E-state index is 12.8. The topological polar surface area (TPSA) is 90.4 Å². The van der Waals surface area contributed by atoms with E-state index >= 15 is 0 Å². The first kappa shape index (κ1) is 23.3. The number of carbonyl (C=O) groups excluding carboxylic acids is 2. The number of aromatic nitrogens is 2. The Morgan fingerprint density at radius 2 is 1.75 bits per heavy atom. The SMILES string of the molecule is O=C(Nc1ncccn1)c1cccc(COc2cc(Cl)ccc2Cl)c1OC(=O)C(F)(F)F. The quantitative estimate of drug-likeness (QED) is 0.386. The molecule has 1 amide bonds. The van der Waals surface area contributed by atoms with E-state index in [2.05, 4.69) is 20.0 Å². The number of nitrogens with one attached hydrogen (secondary N) is 1. The first-order valence-electron chi connectivity index (χ1n) is 8.72. The number of carbonyl (C=O) groups is 2. The van der Waals surface area contributed by atoms with E-state index in [4.69, 9.17) is 27.9 Å². The highest BCUT2D eigenvalue weighted by Crippen LogP contribution is 2.32. The van der Waals surface area contributed by atoms with Crippen LogP contribution in [0.3, 0.4) is 0 Å². The van der Waals surface area contributed by atoms with Crippen molar-refractivity contribution < 1.29 is 32.2 Å². The van der Waals surface area contributed by atoms with Gasteiger partial charge in [-0.3, -0.25) is 10.1 Å². The Hall–Kier alpha value is -3.37. The number of para-hydroxylation sites is 1. The van der Waals surface area contributed by atoms with Gasteiger partial charge >= 0.3 is 12.1 Å². The molecule has 166 valence electrons. The van der Waals surface area contributed by atoms with Crippen molar-refractivity contribution in [2.24, 2.45) is 0 Å². The van der Waals surface area contributed by atoms with Crippen LogP contribution in [0.4, 0.5) is 19.1 Å². The Kier molecular flexibility index (Phi) is 7.16. The van der Waals surface area contributed by atoms with Gasteiger partial charge in [0.1, 0.15) is 12.4 Å². The van der Waals surface area contributed by atoms with Crippen molar-refractivity contribution in [3.63, 3.8) is 0 Å². The maximum atomic E-state index is 12.8. The molecule has 0 aliphatic heterocycles. The molecule has 1 aromatic heterocycles. The van der Waals surface area contributed by atoms with E-state index in [1.807, 2.05) is 0 Å². The molecule has 0 atom stereocenters. The standard InChI is InChI=1S/C20H12Cl2F3N3O4/c21-12-5-6-14(22)15(9-12)31-10-11-3-1-4-13(16(11)32-18(30)20(23,24)25)17(29)28-19-26-7-2-8-27-19/h1-9H,10H2,(H,26,27,28,29). The molecule has 12 heteroatoms. The second-order valence-electron chi connectivity index (χ2n) is 6.07. The van der Waals surface area contributed by atoms with E-state index in [1.165, 1.54) is 54.9 Å². The summed E-state index contributed by atoms with van der Waals surface area (Å²) >= 11 is 11.9. The van der Waals surface area contributed by atoms with E-state index in [9.17, 15) is 22.8 Å². The Bertz CT molecular complexity index is 1140. The number of esters is 1. The van der Waals surface area contributed by atoms with Crippen molar-refractivity contribution in [2.45, 2.75) is 12.8 Å². The highest BCUT2D eigenvalue weighted by molar-refractivity contribution is 6.34. The minimum absolute atomic E-state index is 0.0275. The van der Waals surface area contributed by atoms with Crippen molar-refractivity contribution in [3.05, 3.63) is 76.0 Å². The largest absolute Gasteiger partial charge is 0.491 e. The van der Waals surface area contributed by atoms with Crippen LogP contribution in [0.1, 0.15) is 15.9 Å². The molecule has 1 heterocycles.